The molecule has 1 aromatic heterocycles. The lowest BCUT2D eigenvalue weighted by molar-refractivity contribution is 0.205. The number of para-hydroxylation sites is 1. The fourth-order valence-corrected chi connectivity index (χ4v) is 3.92. The number of hydrogen-bond donors (Lipinski definition) is 1. The third kappa shape index (κ3) is 3.90. The summed E-state index contributed by atoms with van der Waals surface area (Å²) in [6.45, 7) is 5.28. The number of nitrogens with one attached hydrogen (secondary N) is 1. The van der Waals surface area contributed by atoms with Gasteiger partial charge in [0.1, 0.15) is 0 Å². The van der Waals surface area contributed by atoms with Gasteiger partial charge >= 0.3 is 6.03 Å². The topological polar surface area (TPSA) is 50.2 Å². The summed E-state index contributed by atoms with van der Waals surface area (Å²) in [4.78, 5) is 14.5. The second-order valence-electron chi connectivity index (χ2n) is 8.06. The van der Waals surface area contributed by atoms with Crippen LogP contribution >= 0.6 is 0 Å². The number of aryl methyl sites for hydroxylation is 1. The van der Waals surface area contributed by atoms with Crippen LogP contribution in [0.3, 0.4) is 0 Å². The molecule has 5 heteroatoms. The lowest BCUT2D eigenvalue weighted by Gasteiger charge is -2.22. The molecule has 0 unspecified atom stereocenters. The molecule has 5 nitrogen and oxygen atoms in total. The largest absolute Gasteiger partial charge is 0.337 e. The predicted octanol–water partition coefficient (Wildman–Crippen LogP) is 4.36. The zero-order valence-electron chi connectivity index (χ0n) is 17.4. The van der Waals surface area contributed by atoms with Crippen molar-refractivity contribution in [2.45, 2.75) is 38.6 Å². The van der Waals surface area contributed by atoms with E-state index in [0.29, 0.717) is 13.1 Å². The average molecular weight is 389 g/mol. The Morgan fingerprint density at radius 3 is 2.31 bits per heavy atom. The molecule has 2 amide bonds. The number of urea groups is 1. The first-order chi connectivity index (χ1) is 14.0. The Bertz CT molecular complexity index is 990. The number of carbonyl (C=O) groups is 1. The molecule has 1 aliphatic carbocycles. The fourth-order valence-electron chi connectivity index (χ4n) is 3.92. The van der Waals surface area contributed by atoms with Crippen LogP contribution in [0.25, 0.3) is 5.69 Å². The Balaban J connectivity index is 1.41. The van der Waals surface area contributed by atoms with Gasteiger partial charge < -0.3 is 10.2 Å². The first-order valence-electron chi connectivity index (χ1n) is 10.2. The maximum atomic E-state index is 12.7. The Hall–Kier alpha value is -3.08. The van der Waals surface area contributed by atoms with Crippen molar-refractivity contribution in [1.29, 1.82) is 0 Å². The van der Waals surface area contributed by atoms with Gasteiger partial charge in [-0.25, -0.2) is 9.48 Å². The van der Waals surface area contributed by atoms with Crippen LogP contribution < -0.4 is 5.32 Å². The second kappa shape index (κ2) is 7.74. The molecular weight excluding hydrogens is 360 g/mol. The fraction of sp³-hybridized carbons (Fsp3) is 0.333. The van der Waals surface area contributed by atoms with E-state index in [2.05, 4.69) is 41.6 Å². The van der Waals surface area contributed by atoms with E-state index in [1.54, 1.807) is 4.90 Å². The van der Waals surface area contributed by atoms with Gasteiger partial charge in [0.25, 0.3) is 0 Å². The van der Waals surface area contributed by atoms with E-state index in [9.17, 15) is 4.79 Å². The van der Waals surface area contributed by atoms with E-state index < -0.39 is 0 Å². The Morgan fingerprint density at radius 2 is 1.69 bits per heavy atom. The molecule has 1 saturated carbocycles. The SMILES string of the molecule is Cc1nn(-c2ccccc2)c(C)c1CN(C)C(=O)NCC1(c2ccccc2)CC1. The molecule has 1 fully saturated rings. The number of aromatic nitrogens is 2. The zero-order valence-corrected chi connectivity index (χ0v) is 17.4. The van der Waals surface area contributed by atoms with Crippen LogP contribution in [-0.2, 0) is 12.0 Å². The highest BCUT2D eigenvalue weighted by Crippen LogP contribution is 2.47. The van der Waals surface area contributed by atoms with E-state index in [1.165, 1.54) is 5.56 Å². The summed E-state index contributed by atoms with van der Waals surface area (Å²) in [7, 11) is 1.84. The van der Waals surface area contributed by atoms with Crippen LogP contribution in [0.5, 0.6) is 0 Å². The van der Waals surface area contributed by atoms with Crippen LogP contribution in [0.4, 0.5) is 4.79 Å². The minimum absolute atomic E-state index is 0.0431. The van der Waals surface area contributed by atoms with Crippen molar-refractivity contribution < 1.29 is 4.79 Å². The highest BCUT2D eigenvalue weighted by molar-refractivity contribution is 5.74. The van der Waals surface area contributed by atoms with Gasteiger partial charge in [0, 0.05) is 30.3 Å². The van der Waals surface area contributed by atoms with Crippen molar-refractivity contribution >= 4 is 6.03 Å². The molecule has 150 valence electrons. The first-order valence-corrected chi connectivity index (χ1v) is 10.2. The summed E-state index contributed by atoms with van der Waals surface area (Å²) >= 11 is 0. The zero-order chi connectivity index (χ0) is 20.4. The maximum Gasteiger partial charge on any atom is 0.317 e. The number of benzene rings is 2. The molecule has 3 aromatic rings. The lowest BCUT2D eigenvalue weighted by atomic mass is 9.96. The number of hydrogen-bond acceptors (Lipinski definition) is 2. The molecule has 1 aliphatic rings. The Morgan fingerprint density at radius 1 is 1.07 bits per heavy atom. The molecule has 1 N–H and O–H groups in total. The van der Waals surface area contributed by atoms with Crippen LogP contribution in [0.15, 0.2) is 60.7 Å². The summed E-state index contributed by atoms with van der Waals surface area (Å²) in [6.07, 6.45) is 2.26. The van der Waals surface area contributed by atoms with E-state index in [1.807, 2.05) is 55.1 Å². The van der Waals surface area contributed by atoms with Gasteiger partial charge in [-0.2, -0.15) is 5.10 Å². The van der Waals surface area contributed by atoms with Crippen molar-refractivity contribution in [1.82, 2.24) is 20.0 Å². The van der Waals surface area contributed by atoms with Gasteiger partial charge in [0.05, 0.1) is 17.9 Å². The molecule has 0 spiro atoms. The number of nitrogens with zero attached hydrogens (tertiary/aromatic N) is 3. The summed E-state index contributed by atoms with van der Waals surface area (Å²) in [5.41, 5.74) is 5.58. The maximum absolute atomic E-state index is 12.7. The summed E-state index contributed by atoms with van der Waals surface area (Å²) < 4.78 is 1.95. The van der Waals surface area contributed by atoms with E-state index in [4.69, 9.17) is 0 Å². The molecule has 4 rings (SSSR count). The first kappa shape index (κ1) is 19.2. The van der Waals surface area contributed by atoms with Crippen LogP contribution in [0.1, 0.15) is 35.4 Å². The minimum atomic E-state index is -0.0431. The lowest BCUT2D eigenvalue weighted by Crippen LogP contribution is -2.40. The molecule has 0 bridgehead atoms. The molecule has 0 aliphatic heterocycles. The Labute approximate surface area is 172 Å². The van der Waals surface area contributed by atoms with Gasteiger partial charge in [-0.05, 0) is 44.4 Å². The third-order valence-corrected chi connectivity index (χ3v) is 6.00. The number of amides is 2. The van der Waals surface area contributed by atoms with Crippen LogP contribution in [-0.4, -0.2) is 34.3 Å². The highest BCUT2D eigenvalue weighted by Gasteiger charge is 2.44. The van der Waals surface area contributed by atoms with E-state index >= 15 is 0 Å². The van der Waals surface area contributed by atoms with Crippen molar-refractivity contribution in [2.75, 3.05) is 13.6 Å². The van der Waals surface area contributed by atoms with Crippen molar-refractivity contribution in [3.05, 3.63) is 83.2 Å². The molecule has 0 atom stereocenters. The standard InChI is InChI=1S/C24H28N4O/c1-18-22(19(2)28(26-18)21-12-8-5-9-13-21)16-27(3)23(29)25-17-24(14-15-24)20-10-6-4-7-11-20/h4-13H,14-17H2,1-3H3,(H,25,29). The van der Waals surface area contributed by atoms with E-state index in [-0.39, 0.29) is 11.4 Å². The summed E-state index contributed by atoms with van der Waals surface area (Å²) in [5.74, 6) is 0. The monoisotopic (exact) mass is 388 g/mol. The van der Waals surface area contributed by atoms with Crippen LogP contribution in [0.2, 0.25) is 0 Å². The Kier molecular flexibility index (Phi) is 5.14. The molecule has 0 saturated heterocycles. The molecule has 29 heavy (non-hydrogen) atoms. The quantitative estimate of drug-likeness (QED) is 0.682. The third-order valence-electron chi connectivity index (χ3n) is 6.00. The normalized spacial score (nSPS) is 14.4. The van der Waals surface area contributed by atoms with Crippen molar-refractivity contribution in [3.63, 3.8) is 0 Å². The minimum Gasteiger partial charge on any atom is -0.337 e. The van der Waals surface area contributed by atoms with Crippen molar-refractivity contribution in [2.24, 2.45) is 0 Å². The molecule has 1 heterocycles. The second-order valence-corrected chi connectivity index (χ2v) is 8.06. The number of carbonyl (C=O) groups excluding carboxylic acids is 1. The van der Waals surface area contributed by atoms with Crippen LogP contribution in [0, 0.1) is 13.8 Å². The van der Waals surface area contributed by atoms with Gasteiger partial charge in [-0.1, -0.05) is 48.5 Å². The van der Waals surface area contributed by atoms with E-state index in [0.717, 1.165) is 35.5 Å². The number of rotatable bonds is 6. The predicted molar refractivity (Wildman–Crippen MR) is 115 cm³/mol. The van der Waals surface area contributed by atoms with Gasteiger partial charge in [-0.3, -0.25) is 0 Å². The van der Waals surface area contributed by atoms with Gasteiger partial charge in [0.2, 0.25) is 0 Å². The van der Waals surface area contributed by atoms with Crippen molar-refractivity contribution in [3.8, 4) is 5.69 Å². The van der Waals surface area contributed by atoms with Gasteiger partial charge in [0.15, 0.2) is 0 Å². The molecular formula is C24H28N4O. The summed E-state index contributed by atoms with van der Waals surface area (Å²) in [6, 6.07) is 20.5. The molecule has 0 radical (unpaired) electrons. The summed E-state index contributed by atoms with van der Waals surface area (Å²) in [5, 5.41) is 7.83. The van der Waals surface area contributed by atoms with Gasteiger partial charge in [-0.15, -0.1) is 0 Å². The smallest absolute Gasteiger partial charge is 0.317 e. The molecule has 2 aromatic carbocycles. The average Bonchev–Trinajstić information content (AvgIpc) is 3.50. The highest BCUT2D eigenvalue weighted by atomic mass is 16.2.